The molecule has 5 nitrogen and oxygen atoms in total. The van der Waals surface area contributed by atoms with E-state index in [-0.39, 0.29) is 0 Å². The van der Waals surface area contributed by atoms with E-state index in [1.807, 2.05) is 7.05 Å². The van der Waals surface area contributed by atoms with Crippen LogP contribution in [-0.2, 0) is 11.2 Å². The highest BCUT2D eigenvalue weighted by molar-refractivity contribution is 5.59. The predicted octanol–water partition coefficient (Wildman–Crippen LogP) is 2.39. The average molecular weight is 278 g/mol. The van der Waals surface area contributed by atoms with Gasteiger partial charge in [0.05, 0.1) is 19.3 Å². The standard InChI is InChI=1S/C15H26N4O/c1-5-7-13-17-14(16-4)11(3)15(18-13)19-8-9-20-10-12(19)6-2/h12H,5-10H2,1-4H3,(H,16,17,18). The lowest BCUT2D eigenvalue weighted by molar-refractivity contribution is 0.0925. The van der Waals surface area contributed by atoms with Crippen LogP contribution in [0.4, 0.5) is 11.6 Å². The van der Waals surface area contributed by atoms with Crippen molar-refractivity contribution in [1.29, 1.82) is 0 Å². The van der Waals surface area contributed by atoms with Crippen molar-refractivity contribution in [2.24, 2.45) is 0 Å². The van der Waals surface area contributed by atoms with Crippen LogP contribution in [0.2, 0.25) is 0 Å². The maximum Gasteiger partial charge on any atom is 0.137 e. The van der Waals surface area contributed by atoms with E-state index in [0.29, 0.717) is 6.04 Å². The number of hydrogen-bond acceptors (Lipinski definition) is 5. The van der Waals surface area contributed by atoms with Gasteiger partial charge in [-0.25, -0.2) is 9.97 Å². The van der Waals surface area contributed by atoms with Crippen molar-refractivity contribution < 1.29 is 4.74 Å². The molecule has 1 aromatic rings. The number of nitrogens with zero attached hydrogens (tertiary/aromatic N) is 3. The number of nitrogens with one attached hydrogen (secondary N) is 1. The van der Waals surface area contributed by atoms with Gasteiger partial charge in [-0.2, -0.15) is 0 Å². The first kappa shape index (κ1) is 15.0. The molecular weight excluding hydrogens is 252 g/mol. The summed E-state index contributed by atoms with van der Waals surface area (Å²) in [6.07, 6.45) is 3.05. The highest BCUT2D eigenvalue weighted by Gasteiger charge is 2.25. The zero-order valence-corrected chi connectivity index (χ0v) is 13.1. The van der Waals surface area contributed by atoms with E-state index in [1.165, 1.54) is 0 Å². The molecule has 0 saturated carbocycles. The smallest absolute Gasteiger partial charge is 0.137 e. The summed E-state index contributed by atoms with van der Waals surface area (Å²) in [5.74, 6) is 2.95. The number of aryl methyl sites for hydroxylation is 1. The van der Waals surface area contributed by atoms with Gasteiger partial charge < -0.3 is 15.0 Å². The number of anilines is 2. The molecule has 1 unspecified atom stereocenters. The minimum Gasteiger partial charge on any atom is -0.377 e. The number of rotatable bonds is 5. The Morgan fingerprint density at radius 2 is 2.15 bits per heavy atom. The summed E-state index contributed by atoms with van der Waals surface area (Å²) < 4.78 is 5.60. The van der Waals surface area contributed by atoms with E-state index < -0.39 is 0 Å². The third-order valence-electron chi connectivity index (χ3n) is 3.85. The third-order valence-corrected chi connectivity index (χ3v) is 3.85. The first-order valence-corrected chi connectivity index (χ1v) is 7.60. The lowest BCUT2D eigenvalue weighted by Crippen LogP contribution is -2.46. The van der Waals surface area contributed by atoms with Gasteiger partial charge in [0.15, 0.2) is 0 Å². The fourth-order valence-corrected chi connectivity index (χ4v) is 2.68. The van der Waals surface area contributed by atoms with E-state index in [9.17, 15) is 0 Å². The van der Waals surface area contributed by atoms with Crippen LogP contribution in [0.1, 0.15) is 38.1 Å². The average Bonchev–Trinajstić information content (AvgIpc) is 2.49. The SMILES string of the molecule is CCCc1nc(NC)c(C)c(N2CCOCC2CC)n1. The van der Waals surface area contributed by atoms with E-state index in [2.05, 4.69) is 36.0 Å². The Morgan fingerprint density at radius 3 is 2.80 bits per heavy atom. The maximum absolute atomic E-state index is 5.60. The van der Waals surface area contributed by atoms with Gasteiger partial charge in [-0.3, -0.25) is 0 Å². The van der Waals surface area contributed by atoms with Gasteiger partial charge in [-0.15, -0.1) is 0 Å². The van der Waals surface area contributed by atoms with Gasteiger partial charge in [0.25, 0.3) is 0 Å². The Kier molecular flexibility index (Phi) is 5.17. The summed E-state index contributed by atoms with van der Waals surface area (Å²) in [4.78, 5) is 11.8. The molecule has 0 radical (unpaired) electrons. The molecule has 112 valence electrons. The topological polar surface area (TPSA) is 50.3 Å². The predicted molar refractivity (Wildman–Crippen MR) is 82.6 cm³/mol. The molecule has 0 aliphatic carbocycles. The van der Waals surface area contributed by atoms with E-state index in [4.69, 9.17) is 9.72 Å². The van der Waals surface area contributed by atoms with E-state index in [0.717, 1.165) is 62.0 Å². The van der Waals surface area contributed by atoms with Crippen LogP contribution in [0, 0.1) is 6.92 Å². The number of ether oxygens (including phenoxy) is 1. The quantitative estimate of drug-likeness (QED) is 0.896. The molecule has 1 fully saturated rings. The summed E-state index contributed by atoms with van der Waals surface area (Å²) in [6, 6.07) is 0.413. The van der Waals surface area contributed by atoms with E-state index >= 15 is 0 Å². The van der Waals surface area contributed by atoms with Gasteiger partial charge in [0, 0.05) is 25.6 Å². The molecular formula is C15H26N4O. The molecule has 1 N–H and O–H groups in total. The van der Waals surface area contributed by atoms with Crippen LogP contribution in [-0.4, -0.2) is 42.8 Å². The van der Waals surface area contributed by atoms with Crippen molar-refractivity contribution >= 4 is 11.6 Å². The summed E-state index contributed by atoms with van der Waals surface area (Å²) in [5.41, 5.74) is 1.13. The summed E-state index contributed by atoms with van der Waals surface area (Å²) in [6.45, 7) is 8.93. The second-order valence-electron chi connectivity index (χ2n) is 5.27. The van der Waals surface area contributed by atoms with Crippen molar-refractivity contribution in [3.63, 3.8) is 0 Å². The minimum atomic E-state index is 0.413. The van der Waals surface area contributed by atoms with Crippen LogP contribution in [0.25, 0.3) is 0 Å². The minimum absolute atomic E-state index is 0.413. The molecule has 0 spiro atoms. The summed E-state index contributed by atoms with van der Waals surface area (Å²) >= 11 is 0. The molecule has 20 heavy (non-hydrogen) atoms. The normalized spacial score (nSPS) is 19.2. The highest BCUT2D eigenvalue weighted by atomic mass is 16.5. The third kappa shape index (κ3) is 3.03. The molecule has 1 aromatic heterocycles. The second-order valence-corrected chi connectivity index (χ2v) is 5.27. The Hall–Kier alpha value is -1.36. The molecule has 5 heteroatoms. The van der Waals surface area contributed by atoms with Gasteiger partial charge in [0.2, 0.25) is 0 Å². The van der Waals surface area contributed by atoms with Gasteiger partial charge in [0.1, 0.15) is 17.5 Å². The van der Waals surface area contributed by atoms with Crippen molar-refractivity contribution in [3.05, 3.63) is 11.4 Å². The molecule has 1 aliphatic rings. The van der Waals surface area contributed by atoms with Crippen molar-refractivity contribution in [2.75, 3.05) is 37.0 Å². The zero-order valence-electron chi connectivity index (χ0n) is 13.1. The first-order valence-electron chi connectivity index (χ1n) is 7.60. The first-order chi connectivity index (χ1) is 9.71. The molecule has 2 rings (SSSR count). The Labute approximate surface area is 121 Å². The van der Waals surface area contributed by atoms with Crippen LogP contribution in [0.3, 0.4) is 0 Å². The van der Waals surface area contributed by atoms with Crippen LogP contribution in [0.15, 0.2) is 0 Å². The highest BCUT2D eigenvalue weighted by Crippen LogP contribution is 2.27. The maximum atomic E-state index is 5.60. The number of hydrogen-bond donors (Lipinski definition) is 1. The fraction of sp³-hybridized carbons (Fsp3) is 0.733. The number of morpholine rings is 1. The van der Waals surface area contributed by atoms with Crippen LogP contribution >= 0.6 is 0 Å². The molecule has 0 amide bonds. The molecule has 1 saturated heterocycles. The van der Waals surface area contributed by atoms with Crippen molar-refractivity contribution in [2.45, 2.75) is 46.1 Å². The zero-order chi connectivity index (χ0) is 14.5. The monoisotopic (exact) mass is 278 g/mol. The van der Waals surface area contributed by atoms with Crippen LogP contribution in [0.5, 0.6) is 0 Å². The van der Waals surface area contributed by atoms with E-state index in [1.54, 1.807) is 0 Å². The Bertz CT molecular complexity index is 450. The Balaban J connectivity index is 2.39. The number of aromatic nitrogens is 2. The van der Waals surface area contributed by atoms with Crippen molar-refractivity contribution in [3.8, 4) is 0 Å². The summed E-state index contributed by atoms with van der Waals surface area (Å²) in [5, 5.41) is 3.20. The molecule has 1 atom stereocenters. The largest absolute Gasteiger partial charge is 0.377 e. The van der Waals surface area contributed by atoms with Gasteiger partial charge in [-0.05, 0) is 19.8 Å². The van der Waals surface area contributed by atoms with Gasteiger partial charge in [-0.1, -0.05) is 13.8 Å². The Morgan fingerprint density at radius 1 is 1.35 bits per heavy atom. The molecule has 1 aliphatic heterocycles. The van der Waals surface area contributed by atoms with Crippen molar-refractivity contribution in [1.82, 2.24) is 9.97 Å². The second kappa shape index (κ2) is 6.88. The van der Waals surface area contributed by atoms with Gasteiger partial charge >= 0.3 is 0 Å². The summed E-state index contributed by atoms with van der Waals surface area (Å²) in [7, 11) is 1.92. The molecule has 0 aromatic carbocycles. The van der Waals surface area contributed by atoms with Crippen LogP contribution < -0.4 is 10.2 Å². The molecule has 2 heterocycles. The molecule has 0 bridgehead atoms. The lowest BCUT2D eigenvalue weighted by Gasteiger charge is -2.37. The lowest BCUT2D eigenvalue weighted by atomic mass is 10.1. The fourth-order valence-electron chi connectivity index (χ4n) is 2.68.